The number of imidazole rings is 1. The van der Waals surface area contributed by atoms with E-state index in [9.17, 15) is 12.3 Å². The predicted octanol–water partition coefficient (Wildman–Crippen LogP) is 0.414. The number of aromatic amines is 1. The van der Waals surface area contributed by atoms with Gasteiger partial charge in [0.1, 0.15) is 12.1 Å². The van der Waals surface area contributed by atoms with Gasteiger partial charge in [0.2, 0.25) is 5.95 Å². The molecule has 100 valence electrons. The topological polar surface area (TPSA) is 143 Å². The molecule has 0 aromatic carbocycles. The zero-order chi connectivity index (χ0) is 14.8. The molecule has 1 rings (SSSR count). The first kappa shape index (κ1) is 18.2. The van der Waals surface area contributed by atoms with Crippen LogP contribution in [0.4, 0.5) is 9.83 Å². The van der Waals surface area contributed by atoms with E-state index in [2.05, 4.69) is 9.97 Å². The molecule has 1 heterocycles. The fourth-order valence-electron chi connectivity index (χ4n) is 0.699. The molecule has 0 amide bonds. The summed E-state index contributed by atoms with van der Waals surface area (Å²) in [6.07, 6.45) is 0. The van der Waals surface area contributed by atoms with Gasteiger partial charge in [-0.05, 0) is 0 Å². The predicted molar refractivity (Wildman–Crippen MR) is 61.2 cm³/mol. The van der Waals surface area contributed by atoms with E-state index in [1.807, 2.05) is 13.8 Å². The van der Waals surface area contributed by atoms with Crippen LogP contribution in [0, 0.1) is 22.7 Å². The van der Waals surface area contributed by atoms with Gasteiger partial charge in [-0.1, -0.05) is 17.7 Å². The molecule has 0 spiro atoms. The van der Waals surface area contributed by atoms with Crippen LogP contribution in [0.2, 0.25) is 0 Å². The number of aliphatic hydroxyl groups is 1. The van der Waals surface area contributed by atoms with E-state index in [0.29, 0.717) is 0 Å². The monoisotopic (exact) mass is 277 g/mol. The third-order valence-corrected chi connectivity index (χ3v) is 1.58. The lowest BCUT2D eigenvalue weighted by molar-refractivity contribution is 0.399. The minimum absolute atomic E-state index is 0.237. The van der Waals surface area contributed by atoms with Gasteiger partial charge in [0.25, 0.3) is 0 Å². The minimum Gasteiger partial charge on any atom is -0.400 e. The Hall–Kier alpha value is -2.17. The zero-order valence-electron chi connectivity index (χ0n) is 9.89. The Kier molecular flexibility index (Phi) is 9.02. The normalized spacial score (nSPS) is 8.61. The largest absolute Gasteiger partial charge is 0.400 e. The van der Waals surface area contributed by atoms with Gasteiger partial charge in [-0.15, -0.1) is 0 Å². The molecule has 0 aliphatic rings. The summed E-state index contributed by atoms with van der Waals surface area (Å²) < 4.78 is 33.6. The highest BCUT2D eigenvalue weighted by molar-refractivity contribution is 7.87. The summed E-state index contributed by atoms with van der Waals surface area (Å²) in [5.74, 6) is -0.513. The standard InChI is InChI=1S/C5H2FN5O2S.C2H6.CH4O/c6-14(12,13)11-5-9-3(1-7)4(2-8)10-5;2*1-2/h(H2,9,10,11);1-2H3;2H,1H3. The number of aromatic nitrogens is 2. The summed E-state index contributed by atoms with van der Waals surface area (Å²) in [5, 5.41) is 23.8. The van der Waals surface area contributed by atoms with Crippen molar-refractivity contribution in [1.82, 2.24) is 9.97 Å². The van der Waals surface area contributed by atoms with E-state index >= 15 is 0 Å². The Morgan fingerprint density at radius 1 is 1.33 bits per heavy atom. The smallest absolute Gasteiger partial charge is 0.399 e. The third-order valence-electron chi connectivity index (χ3n) is 1.14. The minimum atomic E-state index is -4.96. The van der Waals surface area contributed by atoms with Crippen molar-refractivity contribution in [2.75, 3.05) is 11.8 Å². The third kappa shape index (κ3) is 6.42. The van der Waals surface area contributed by atoms with Crippen LogP contribution in [0.1, 0.15) is 25.2 Å². The van der Waals surface area contributed by atoms with Gasteiger partial charge in [-0.3, -0.25) is 0 Å². The molecule has 0 saturated carbocycles. The average molecular weight is 277 g/mol. The molecule has 0 bridgehead atoms. The van der Waals surface area contributed by atoms with Crippen LogP contribution in [-0.4, -0.2) is 30.6 Å². The van der Waals surface area contributed by atoms with Crippen molar-refractivity contribution in [1.29, 1.82) is 10.5 Å². The van der Waals surface area contributed by atoms with Crippen LogP contribution in [0.5, 0.6) is 0 Å². The first-order valence-corrected chi connectivity index (χ1v) is 5.92. The van der Waals surface area contributed by atoms with Crippen LogP contribution in [-0.2, 0) is 10.4 Å². The van der Waals surface area contributed by atoms with Crippen molar-refractivity contribution in [3.63, 3.8) is 0 Å². The Labute approximate surface area is 104 Å². The number of hydrogen-bond donors (Lipinski definition) is 3. The molecule has 0 saturated heterocycles. The van der Waals surface area contributed by atoms with E-state index in [1.54, 1.807) is 6.07 Å². The molecule has 1 aromatic rings. The molecule has 1 aromatic heterocycles. The van der Waals surface area contributed by atoms with E-state index in [1.165, 1.54) is 10.8 Å². The van der Waals surface area contributed by atoms with Gasteiger partial charge < -0.3 is 10.1 Å². The molecule has 10 heteroatoms. The molecule has 18 heavy (non-hydrogen) atoms. The maximum Gasteiger partial charge on any atom is 0.399 e. The SMILES string of the molecule is CC.CO.N#Cc1nc(NS(=O)(=O)F)[nH]c1C#N. The van der Waals surface area contributed by atoms with Crippen LogP contribution >= 0.6 is 0 Å². The van der Waals surface area contributed by atoms with Crippen molar-refractivity contribution in [3.05, 3.63) is 11.4 Å². The number of nitriles is 2. The van der Waals surface area contributed by atoms with E-state index in [-0.39, 0.29) is 11.4 Å². The van der Waals surface area contributed by atoms with Crippen molar-refractivity contribution >= 4 is 16.4 Å². The van der Waals surface area contributed by atoms with Gasteiger partial charge in [0.05, 0.1) is 0 Å². The molecule has 0 atom stereocenters. The number of H-pyrrole nitrogens is 1. The van der Waals surface area contributed by atoms with Gasteiger partial charge in [0.15, 0.2) is 11.4 Å². The number of halogens is 1. The number of aliphatic hydroxyl groups excluding tert-OH is 1. The number of nitrogens with one attached hydrogen (secondary N) is 2. The lowest BCUT2D eigenvalue weighted by Gasteiger charge is -1.92. The molecule has 3 N–H and O–H groups in total. The van der Waals surface area contributed by atoms with Crippen LogP contribution in [0.15, 0.2) is 0 Å². The maximum atomic E-state index is 12.1. The average Bonchev–Trinajstić information content (AvgIpc) is 2.74. The lowest BCUT2D eigenvalue weighted by atomic mass is 10.4. The van der Waals surface area contributed by atoms with Crippen molar-refractivity contribution in [2.24, 2.45) is 0 Å². The summed E-state index contributed by atoms with van der Waals surface area (Å²) in [6, 6.07) is 3.09. The molecule has 0 fully saturated rings. The summed E-state index contributed by atoms with van der Waals surface area (Å²) in [7, 11) is -3.96. The number of nitrogens with zero attached hydrogens (tertiary/aromatic N) is 3. The second-order valence-corrected chi connectivity index (χ2v) is 3.15. The second-order valence-electron chi connectivity index (χ2n) is 2.07. The van der Waals surface area contributed by atoms with Gasteiger partial charge in [-0.25, -0.2) is 4.72 Å². The van der Waals surface area contributed by atoms with Crippen molar-refractivity contribution in [3.8, 4) is 12.1 Å². The fraction of sp³-hybridized carbons (Fsp3) is 0.375. The number of rotatable bonds is 2. The second kappa shape index (κ2) is 8.92. The molecule has 8 nitrogen and oxygen atoms in total. The Bertz CT molecular complexity index is 509. The lowest BCUT2D eigenvalue weighted by Crippen LogP contribution is -2.06. The Morgan fingerprint density at radius 3 is 2.11 bits per heavy atom. The number of hydrogen-bond acceptors (Lipinski definition) is 6. The highest BCUT2D eigenvalue weighted by atomic mass is 32.3. The quantitative estimate of drug-likeness (QED) is 0.668. The Morgan fingerprint density at radius 2 is 1.83 bits per heavy atom. The van der Waals surface area contributed by atoms with Gasteiger partial charge in [-0.2, -0.15) is 23.9 Å². The maximum absolute atomic E-state index is 12.1. The summed E-state index contributed by atoms with van der Waals surface area (Å²) in [5.41, 5.74) is -0.544. The first-order valence-electron chi connectivity index (χ1n) is 4.53. The van der Waals surface area contributed by atoms with E-state index < -0.39 is 16.4 Å². The molecule has 0 aliphatic carbocycles. The molecular formula is C8H12FN5O3S. The zero-order valence-corrected chi connectivity index (χ0v) is 10.7. The Balaban J connectivity index is 0. The van der Waals surface area contributed by atoms with E-state index in [4.69, 9.17) is 15.6 Å². The summed E-state index contributed by atoms with van der Waals surface area (Å²) in [6.45, 7) is 4.00. The molecule has 0 aliphatic heterocycles. The molecule has 0 radical (unpaired) electrons. The van der Waals surface area contributed by atoms with E-state index in [0.717, 1.165) is 7.11 Å². The van der Waals surface area contributed by atoms with Gasteiger partial charge >= 0.3 is 10.4 Å². The van der Waals surface area contributed by atoms with Crippen molar-refractivity contribution in [2.45, 2.75) is 13.8 Å². The van der Waals surface area contributed by atoms with Crippen LogP contribution in [0.25, 0.3) is 0 Å². The van der Waals surface area contributed by atoms with Crippen LogP contribution < -0.4 is 4.72 Å². The highest BCUT2D eigenvalue weighted by Gasteiger charge is 2.13. The molecular weight excluding hydrogens is 265 g/mol. The highest BCUT2D eigenvalue weighted by Crippen LogP contribution is 2.09. The van der Waals surface area contributed by atoms with Crippen molar-refractivity contribution < 1.29 is 17.4 Å². The first-order chi connectivity index (χ1) is 8.46. The summed E-state index contributed by atoms with van der Waals surface area (Å²) in [4.78, 5) is 5.43. The molecule has 0 unspecified atom stereocenters. The fourth-order valence-corrected chi connectivity index (χ4v) is 1.03. The summed E-state index contributed by atoms with van der Waals surface area (Å²) >= 11 is 0. The number of anilines is 1. The van der Waals surface area contributed by atoms with Crippen LogP contribution in [0.3, 0.4) is 0 Å². The van der Waals surface area contributed by atoms with Gasteiger partial charge in [0, 0.05) is 7.11 Å².